The Morgan fingerprint density at radius 2 is 2.15 bits per heavy atom. The van der Waals surface area contributed by atoms with E-state index in [1.54, 1.807) is 11.8 Å². The summed E-state index contributed by atoms with van der Waals surface area (Å²) in [4.78, 5) is 12.6. The minimum absolute atomic E-state index is 0.302. The molecule has 0 aliphatic carbocycles. The van der Waals surface area contributed by atoms with E-state index in [-0.39, 0.29) is 0 Å². The smallest absolute Gasteiger partial charge is 0.222 e. The van der Waals surface area contributed by atoms with E-state index < -0.39 is 0 Å². The lowest BCUT2D eigenvalue weighted by molar-refractivity contribution is 0.818. The SMILES string of the molecule is Cc1nc(SCCNc2cc(C(C)C)nc(N)n2)n[nH]1. The number of nitrogens with zero attached hydrogens (tertiary/aromatic N) is 4. The van der Waals surface area contributed by atoms with Crippen LogP contribution in [0.2, 0.25) is 0 Å². The predicted molar refractivity (Wildman–Crippen MR) is 80.9 cm³/mol. The third-order valence-electron chi connectivity index (χ3n) is 2.57. The fourth-order valence-corrected chi connectivity index (χ4v) is 2.28. The van der Waals surface area contributed by atoms with E-state index in [9.17, 15) is 0 Å². The summed E-state index contributed by atoms with van der Waals surface area (Å²) in [6.07, 6.45) is 0. The average Bonchev–Trinajstić information content (AvgIpc) is 2.80. The summed E-state index contributed by atoms with van der Waals surface area (Å²) in [5, 5.41) is 10.9. The molecule has 0 bridgehead atoms. The number of aromatic nitrogens is 5. The van der Waals surface area contributed by atoms with E-state index in [1.807, 2.05) is 13.0 Å². The molecule has 0 fully saturated rings. The zero-order valence-corrected chi connectivity index (χ0v) is 12.7. The van der Waals surface area contributed by atoms with Gasteiger partial charge in [0.1, 0.15) is 11.6 Å². The fourth-order valence-electron chi connectivity index (χ4n) is 1.58. The second kappa shape index (κ2) is 6.56. The van der Waals surface area contributed by atoms with Gasteiger partial charge < -0.3 is 11.1 Å². The van der Waals surface area contributed by atoms with Gasteiger partial charge in [0.05, 0.1) is 5.69 Å². The highest BCUT2D eigenvalue weighted by atomic mass is 32.2. The van der Waals surface area contributed by atoms with Gasteiger partial charge >= 0.3 is 0 Å². The lowest BCUT2D eigenvalue weighted by Gasteiger charge is -2.09. The summed E-state index contributed by atoms with van der Waals surface area (Å²) in [6.45, 7) is 6.79. The van der Waals surface area contributed by atoms with Gasteiger partial charge in [-0.05, 0) is 12.8 Å². The number of rotatable bonds is 6. The monoisotopic (exact) mass is 293 g/mol. The maximum atomic E-state index is 5.70. The first-order chi connectivity index (χ1) is 9.54. The molecule has 2 heterocycles. The molecule has 0 atom stereocenters. The summed E-state index contributed by atoms with van der Waals surface area (Å²) in [6, 6.07) is 1.93. The topological polar surface area (TPSA) is 105 Å². The average molecular weight is 293 g/mol. The van der Waals surface area contributed by atoms with Gasteiger partial charge in [0.2, 0.25) is 11.1 Å². The molecule has 0 unspecified atom stereocenters. The zero-order chi connectivity index (χ0) is 14.5. The number of hydrogen-bond donors (Lipinski definition) is 3. The van der Waals surface area contributed by atoms with E-state index in [0.29, 0.717) is 11.9 Å². The second-order valence-electron chi connectivity index (χ2n) is 4.67. The Balaban J connectivity index is 1.84. The van der Waals surface area contributed by atoms with E-state index in [0.717, 1.165) is 34.8 Å². The molecular formula is C12H19N7S. The van der Waals surface area contributed by atoms with Gasteiger partial charge in [0.15, 0.2) is 0 Å². The molecule has 0 aliphatic rings. The maximum absolute atomic E-state index is 5.70. The molecule has 7 nitrogen and oxygen atoms in total. The Morgan fingerprint density at radius 3 is 2.80 bits per heavy atom. The number of nitrogens with one attached hydrogen (secondary N) is 2. The number of H-pyrrole nitrogens is 1. The highest BCUT2D eigenvalue weighted by Gasteiger charge is 2.06. The second-order valence-corrected chi connectivity index (χ2v) is 5.73. The van der Waals surface area contributed by atoms with Crippen LogP contribution in [0, 0.1) is 6.92 Å². The van der Waals surface area contributed by atoms with E-state index >= 15 is 0 Å². The molecule has 20 heavy (non-hydrogen) atoms. The summed E-state index contributed by atoms with van der Waals surface area (Å²) < 4.78 is 0. The van der Waals surface area contributed by atoms with Crippen molar-refractivity contribution in [1.82, 2.24) is 25.1 Å². The third kappa shape index (κ3) is 4.09. The van der Waals surface area contributed by atoms with Crippen molar-refractivity contribution in [3.63, 3.8) is 0 Å². The predicted octanol–water partition coefficient (Wildman–Crippen LogP) is 1.81. The first kappa shape index (κ1) is 14.6. The minimum Gasteiger partial charge on any atom is -0.369 e. The molecular weight excluding hydrogens is 274 g/mol. The summed E-state index contributed by atoms with van der Waals surface area (Å²) in [7, 11) is 0. The van der Waals surface area contributed by atoms with Crippen molar-refractivity contribution in [3.8, 4) is 0 Å². The lowest BCUT2D eigenvalue weighted by atomic mass is 10.1. The maximum Gasteiger partial charge on any atom is 0.222 e. The van der Waals surface area contributed by atoms with Crippen LogP contribution in [0.15, 0.2) is 11.2 Å². The van der Waals surface area contributed by atoms with Crippen LogP contribution in [0.4, 0.5) is 11.8 Å². The van der Waals surface area contributed by atoms with Crippen LogP contribution in [0.25, 0.3) is 0 Å². The van der Waals surface area contributed by atoms with Crippen LogP contribution in [0.3, 0.4) is 0 Å². The van der Waals surface area contributed by atoms with Gasteiger partial charge in [-0.2, -0.15) is 4.98 Å². The quantitative estimate of drug-likeness (QED) is 0.551. The first-order valence-corrected chi connectivity index (χ1v) is 7.43. The number of aryl methyl sites for hydroxylation is 1. The largest absolute Gasteiger partial charge is 0.369 e. The number of nitrogens with two attached hydrogens (primary N) is 1. The Kier molecular flexibility index (Phi) is 4.78. The van der Waals surface area contributed by atoms with Crippen LogP contribution in [-0.4, -0.2) is 37.4 Å². The van der Waals surface area contributed by atoms with Gasteiger partial charge in [-0.1, -0.05) is 25.6 Å². The van der Waals surface area contributed by atoms with Crippen LogP contribution in [0.1, 0.15) is 31.3 Å². The van der Waals surface area contributed by atoms with E-state index in [4.69, 9.17) is 5.73 Å². The zero-order valence-electron chi connectivity index (χ0n) is 11.8. The molecule has 2 aromatic heterocycles. The molecule has 0 aromatic carbocycles. The van der Waals surface area contributed by atoms with Crippen molar-refractivity contribution >= 4 is 23.5 Å². The van der Waals surface area contributed by atoms with Gasteiger partial charge in [-0.15, -0.1) is 5.10 Å². The summed E-state index contributed by atoms with van der Waals surface area (Å²) in [5.41, 5.74) is 6.65. The molecule has 0 amide bonds. The molecule has 0 saturated carbocycles. The number of hydrogen-bond acceptors (Lipinski definition) is 7. The molecule has 2 aromatic rings. The van der Waals surface area contributed by atoms with Crippen molar-refractivity contribution in [2.75, 3.05) is 23.3 Å². The Labute approximate surface area is 122 Å². The third-order valence-corrected chi connectivity index (χ3v) is 3.42. The minimum atomic E-state index is 0.302. The van der Waals surface area contributed by atoms with Gasteiger partial charge in [0, 0.05) is 18.4 Å². The lowest BCUT2D eigenvalue weighted by Crippen LogP contribution is -2.09. The number of aromatic amines is 1. The van der Waals surface area contributed by atoms with Crippen LogP contribution in [0.5, 0.6) is 0 Å². The molecule has 0 radical (unpaired) electrons. The Hall–Kier alpha value is -1.83. The number of anilines is 2. The van der Waals surface area contributed by atoms with Crippen LogP contribution < -0.4 is 11.1 Å². The van der Waals surface area contributed by atoms with Crippen molar-refractivity contribution < 1.29 is 0 Å². The summed E-state index contributed by atoms with van der Waals surface area (Å²) in [5.74, 6) is 3.05. The van der Waals surface area contributed by atoms with E-state index in [1.165, 1.54) is 0 Å². The molecule has 0 spiro atoms. The van der Waals surface area contributed by atoms with E-state index in [2.05, 4.69) is 44.3 Å². The van der Waals surface area contributed by atoms with Crippen molar-refractivity contribution in [2.45, 2.75) is 31.8 Å². The number of thioether (sulfide) groups is 1. The van der Waals surface area contributed by atoms with Crippen molar-refractivity contribution in [1.29, 1.82) is 0 Å². The summed E-state index contributed by atoms with van der Waals surface area (Å²) >= 11 is 1.58. The molecule has 2 rings (SSSR count). The highest BCUT2D eigenvalue weighted by Crippen LogP contribution is 2.17. The van der Waals surface area contributed by atoms with Gasteiger partial charge in [-0.3, -0.25) is 5.10 Å². The molecule has 8 heteroatoms. The van der Waals surface area contributed by atoms with Crippen molar-refractivity contribution in [2.24, 2.45) is 0 Å². The number of nitrogen functional groups attached to an aromatic ring is 1. The fraction of sp³-hybridized carbons (Fsp3) is 0.500. The Morgan fingerprint density at radius 1 is 1.35 bits per heavy atom. The highest BCUT2D eigenvalue weighted by molar-refractivity contribution is 7.99. The molecule has 108 valence electrons. The molecule has 4 N–H and O–H groups in total. The Bertz CT molecular complexity index is 567. The molecule has 0 aliphatic heterocycles. The standard InChI is InChI=1S/C12H19N7S/c1-7(2)9-6-10(17-11(13)16-9)14-4-5-20-12-15-8(3)18-19-12/h6-7H,4-5H2,1-3H3,(H,15,18,19)(H3,13,14,16,17). The molecule has 0 saturated heterocycles. The van der Waals surface area contributed by atoms with Crippen LogP contribution >= 0.6 is 11.8 Å². The van der Waals surface area contributed by atoms with Gasteiger partial charge in [-0.25, -0.2) is 9.97 Å². The van der Waals surface area contributed by atoms with Gasteiger partial charge in [0.25, 0.3) is 0 Å². The first-order valence-electron chi connectivity index (χ1n) is 6.44. The normalized spacial score (nSPS) is 11.0. The van der Waals surface area contributed by atoms with Crippen LogP contribution in [-0.2, 0) is 0 Å². The van der Waals surface area contributed by atoms with Crippen molar-refractivity contribution in [3.05, 3.63) is 17.6 Å².